The molecular formula is C15H15BrN2O3. The molecule has 1 aromatic heterocycles. The van der Waals surface area contributed by atoms with Crippen molar-refractivity contribution in [1.29, 1.82) is 0 Å². The van der Waals surface area contributed by atoms with Gasteiger partial charge < -0.3 is 19.4 Å². The average Bonchev–Trinajstić information content (AvgIpc) is 3.04. The van der Waals surface area contributed by atoms with Crippen LogP contribution >= 0.6 is 15.9 Å². The van der Waals surface area contributed by atoms with Gasteiger partial charge in [0.1, 0.15) is 5.69 Å². The minimum atomic E-state index is -0.159. The van der Waals surface area contributed by atoms with E-state index in [2.05, 4.69) is 21.2 Å². The molecule has 0 radical (unpaired) electrons. The molecule has 2 heterocycles. The number of nitrogens with one attached hydrogen (secondary N) is 1. The van der Waals surface area contributed by atoms with Crippen LogP contribution in [0.15, 0.2) is 34.9 Å². The highest BCUT2D eigenvalue weighted by Crippen LogP contribution is 2.34. The fraction of sp³-hybridized carbons (Fsp3) is 0.267. The third kappa shape index (κ3) is 2.76. The smallest absolute Gasteiger partial charge is 0.272 e. The molecule has 1 aliphatic heterocycles. The number of hydrogen-bond acceptors (Lipinski definition) is 3. The molecule has 1 aromatic carbocycles. The van der Waals surface area contributed by atoms with Gasteiger partial charge in [-0.25, -0.2) is 0 Å². The van der Waals surface area contributed by atoms with Crippen LogP contribution in [0.3, 0.4) is 0 Å². The average molecular weight is 351 g/mol. The van der Waals surface area contributed by atoms with Crippen LogP contribution in [0.2, 0.25) is 0 Å². The Morgan fingerprint density at radius 2 is 2.05 bits per heavy atom. The number of nitrogens with zero attached hydrogens (tertiary/aromatic N) is 1. The minimum Gasteiger partial charge on any atom is -0.454 e. The summed E-state index contributed by atoms with van der Waals surface area (Å²) in [5, 5.41) is 2.88. The molecule has 3 rings (SSSR count). The summed E-state index contributed by atoms with van der Waals surface area (Å²) in [4.78, 5) is 12.4. The molecule has 1 amide bonds. The first-order valence-electron chi connectivity index (χ1n) is 6.63. The molecule has 110 valence electrons. The monoisotopic (exact) mass is 350 g/mol. The normalized spacial score (nSPS) is 12.8. The lowest BCUT2D eigenvalue weighted by molar-refractivity contribution is 0.101. The second-order valence-corrected chi connectivity index (χ2v) is 5.98. The number of carbonyl (C=O) groups is 1. The minimum absolute atomic E-state index is 0.159. The van der Waals surface area contributed by atoms with Crippen molar-refractivity contribution in [1.82, 2.24) is 4.57 Å². The summed E-state index contributed by atoms with van der Waals surface area (Å²) in [6, 6.07) is 7.35. The van der Waals surface area contributed by atoms with Crippen molar-refractivity contribution >= 4 is 27.5 Å². The van der Waals surface area contributed by atoms with Gasteiger partial charge in [0, 0.05) is 28.5 Å². The van der Waals surface area contributed by atoms with E-state index in [1.54, 1.807) is 18.2 Å². The quantitative estimate of drug-likeness (QED) is 0.915. The molecule has 0 saturated carbocycles. The summed E-state index contributed by atoms with van der Waals surface area (Å²) < 4.78 is 13.4. The van der Waals surface area contributed by atoms with Gasteiger partial charge in [0.15, 0.2) is 11.5 Å². The van der Waals surface area contributed by atoms with Gasteiger partial charge in [-0.05, 0) is 48.0 Å². The van der Waals surface area contributed by atoms with E-state index in [-0.39, 0.29) is 18.7 Å². The number of benzene rings is 1. The zero-order chi connectivity index (χ0) is 15.0. The molecule has 0 aliphatic carbocycles. The van der Waals surface area contributed by atoms with Gasteiger partial charge in [0.25, 0.3) is 5.91 Å². The lowest BCUT2D eigenvalue weighted by Crippen LogP contribution is -2.17. The molecule has 0 bridgehead atoms. The van der Waals surface area contributed by atoms with Crippen LogP contribution in [0.4, 0.5) is 5.69 Å². The van der Waals surface area contributed by atoms with E-state index in [0.29, 0.717) is 22.9 Å². The number of aromatic nitrogens is 1. The SMILES string of the molecule is CC(C)n1cc(Br)cc1C(=O)Nc1ccc2c(c1)OCO2. The molecule has 21 heavy (non-hydrogen) atoms. The van der Waals surface area contributed by atoms with Gasteiger partial charge in [-0.2, -0.15) is 0 Å². The Morgan fingerprint density at radius 1 is 1.29 bits per heavy atom. The third-order valence-corrected chi connectivity index (χ3v) is 3.67. The molecule has 0 unspecified atom stereocenters. The summed E-state index contributed by atoms with van der Waals surface area (Å²) in [5.74, 6) is 1.18. The van der Waals surface area contributed by atoms with E-state index >= 15 is 0 Å². The first-order valence-corrected chi connectivity index (χ1v) is 7.42. The highest BCUT2D eigenvalue weighted by Gasteiger charge is 2.17. The van der Waals surface area contributed by atoms with E-state index < -0.39 is 0 Å². The standard InChI is InChI=1S/C15H15BrN2O3/c1-9(2)18-7-10(16)5-12(18)15(19)17-11-3-4-13-14(6-11)21-8-20-13/h3-7,9H,8H2,1-2H3,(H,17,19). The van der Waals surface area contributed by atoms with Crippen LogP contribution in [-0.2, 0) is 0 Å². The van der Waals surface area contributed by atoms with Gasteiger partial charge in [0.05, 0.1) is 0 Å². The first-order chi connectivity index (χ1) is 10.0. The number of carbonyl (C=O) groups excluding carboxylic acids is 1. The topological polar surface area (TPSA) is 52.5 Å². The molecule has 0 atom stereocenters. The summed E-state index contributed by atoms with van der Waals surface area (Å²) in [6.07, 6.45) is 1.90. The summed E-state index contributed by atoms with van der Waals surface area (Å²) in [6.45, 7) is 4.28. The van der Waals surface area contributed by atoms with Crippen molar-refractivity contribution in [2.45, 2.75) is 19.9 Å². The molecule has 2 aromatic rings. The van der Waals surface area contributed by atoms with Crippen molar-refractivity contribution < 1.29 is 14.3 Å². The Balaban J connectivity index is 1.83. The van der Waals surface area contributed by atoms with Gasteiger partial charge in [0.2, 0.25) is 6.79 Å². The van der Waals surface area contributed by atoms with Crippen LogP contribution in [-0.4, -0.2) is 17.3 Å². The Morgan fingerprint density at radius 3 is 2.81 bits per heavy atom. The maximum Gasteiger partial charge on any atom is 0.272 e. The van der Waals surface area contributed by atoms with E-state index in [1.807, 2.05) is 30.7 Å². The lowest BCUT2D eigenvalue weighted by atomic mass is 10.2. The predicted octanol–water partition coefficient (Wildman–Crippen LogP) is 3.81. The summed E-state index contributed by atoms with van der Waals surface area (Å²) in [5.41, 5.74) is 1.28. The largest absolute Gasteiger partial charge is 0.454 e. The second-order valence-electron chi connectivity index (χ2n) is 5.07. The third-order valence-electron chi connectivity index (χ3n) is 3.23. The van der Waals surface area contributed by atoms with Crippen molar-refractivity contribution in [2.24, 2.45) is 0 Å². The maximum atomic E-state index is 12.4. The maximum absolute atomic E-state index is 12.4. The number of fused-ring (bicyclic) bond motifs is 1. The van der Waals surface area contributed by atoms with Gasteiger partial charge in [-0.1, -0.05) is 0 Å². The second kappa shape index (κ2) is 5.44. The predicted molar refractivity (Wildman–Crippen MR) is 83.0 cm³/mol. The first kappa shape index (κ1) is 14.0. The Labute approximate surface area is 131 Å². The molecule has 5 nitrogen and oxygen atoms in total. The number of rotatable bonds is 3. The Bertz CT molecular complexity index is 694. The molecule has 0 saturated heterocycles. The molecular weight excluding hydrogens is 336 g/mol. The van der Waals surface area contributed by atoms with Crippen molar-refractivity contribution in [3.05, 3.63) is 40.6 Å². The zero-order valence-corrected chi connectivity index (χ0v) is 13.3. The van der Waals surface area contributed by atoms with Gasteiger partial charge in [-0.15, -0.1) is 0 Å². The number of anilines is 1. The highest BCUT2D eigenvalue weighted by atomic mass is 79.9. The number of hydrogen-bond donors (Lipinski definition) is 1. The molecule has 1 aliphatic rings. The Hall–Kier alpha value is -1.95. The molecule has 6 heteroatoms. The van der Waals surface area contributed by atoms with Gasteiger partial charge in [-0.3, -0.25) is 4.79 Å². The van der Waals surface area contributed by atoms with Crippen LogP contribution in [0, 0.1) is 0 Å². The van der Waals surface area contributed by atoms with Crippen LogP contribution in [0.5, 0.6) is 11.5 Å². The van der Waals surface area contributed by atoms with E-state index in [4.69, 9.17) is 9.47 Å². The number of halogens is 1. The van der Waals surface area contributed by atoms with Crippen LogP contribution in [0.1, 0.15) is 30.4 Å². The number of amides is 1. The van der Waals surface area contributed by atoms with Crippen molar-refractivity contribution in [3.8, 4) is 11.5 Å². The van der Waals surface area contributed by atoms with E-state index in [9.17, 15) is 4.79 Å². The molecule has 0 spiro atoms. The van der Waals surface area contributed by atoms with E-state index in [1.165, 1.54) is 0 Å². The Kier molecular flexibility index (Phi) is 3.63. The van der Waals surface area contributed by atoms with Gasteiger partial charge >= 0.3 is 0 Å². The molecule has 1 N–H and O–H groups in total. The molecule has 0 fully saturated rings. The summed E-state index contributed by atoms with van der Waals surface area (Å²) in [7, 11) is 0. The fourth-order valence-corrected chi connectivity index (χ4v) is 2.66. The van der Waals surface area contributed by atoms with Crippen molar-refractivity contribution in [2.75, 3.05) is 12.1 Å². The summed E-state index contributed by atoms with van der Waals surface area (Å²) >= 11 is 3.41. The van der Waals surface area contributed by atoms with Crippen LogP contribution in [0.25, 0.3) is 0 Å². The van der Waals surface area contributed by atoms with E-state index in [0.717, 1.165) is 4.47 Å². The fourth-order valence-electron chi connectivity index (χ4n) is 2.22. The zero-order valence-electron chi connectivity index (χ0n) is 11.7. The van der Waals surface area contributed by atoms with Crippen LogP contribution < -0.4 is 14.8 Å². The lowest BCUT2D eigenvalue weighted by Gasteiger charge is -2.13. The van der Waals surface area contributed by atoms with Crippen molar-refractivity contribution in [3.63, 3.8) is 0 Å². The highest BCUT2D eigenvalue weighted by molar-refractivity contribution is 9.10. The number of ether oxygens (including phenoxy) is 2.